The van der Waals surface area contributed by atoms with Crippen LogP contribution in [0.5, 0.6) is 0 Å². The van der Waals surface area contributed by atoms with Crippen LogP contribution >= 0.6 is 11.6 Å². The van der Waals surface area contributed by atoms with Crippen LogP contribution < -0.4 is 10.0 Å². The van der Waals surface area contributed by atoms with Crippen molar-refractivity contribution in [2.75, 3.05) is 11.1 Å². The molecule has 0 atom stereocenters. The van der Waals surface area contributed by atoms with Gasteiger partial charge in [-0.1, -0.05) is 17.7 Å². The molecule has 0 saturated carbocycles. The topological polar surface area (TPSA) is 92.3 Å². The summed E-state index contributed by atoms with van der Waals surface area (Å²) in [6, 6.07) is 9.49. The molecule has 0 radical (unpaired) electrons. The number of sulfonamides is 1. The number of hydrogen-bond acceptors (Lipinski definition) is 4. The second kappa shape index (κ2) is 7.41. The largest absolute Gasteiger partial charge is 0.332 e. The summed E-state index contributed by atoms with van der Waals surface area (Å²) < 4.78 is 38.2. The Morgan fingerprint density at radius 1 is 1.08 bits per heavy atom. The molecule has 0 aliphatic rings. The van der Waals surface area contributed by atoms with Gasteiger partial charge in [0.1, 0.15) is 11.6 Å². The zero-order valence-electron chi connectivity index (χ0n) is 12.1. The van der Waals surface area contributed by atoms with Crippen LogP contribution in [0.15, 0.2) is 48.5 Å². The number of ketones is 1. The van der Waals surface area contributed by atoms with E-state index in [1.807, 2.05) is 0 Å². The lowest BCUT2D eigenvalue weighted by Gasteiger charge is -2.08. The van der Waals surface area contributed by atoms with Gasteiger partial charge in [0.15, 0.2) is 5.78 Å². The van der Waals surface area contributed by atoms with Crippen molar-refractivity contribution >= 4 is 39.1 Å². The molecular formula is C15H12ClFN2O4S. The van der Waals surface area contributed by atoms with E-state index < -0.39 is 33.4 Å². The monoisotopic (exact) mass is 370 g/mol. The van der Waals surface area contributed by atoms with Crippen LogP contribution in [0.25, 0.3) is 0 Å². The maximum Gasteiger partial charge on any atom is 0.332 e. The lowest BCUT2D eigenvalue weighted by molar-refractivity contribution is 0.102. The van der Waals surface area contributed by atoms with E-state index in [-0.39, 0.29) is 5.56 Å². The number of nitrogens with one attached hydrogen (secondary N) is 2. The second-order valence-corrected chi connectivity index (χ2v) is 6.91. The molecule has 2 amide bonds. The van der Waals surface area contributed by atoms with Crippen LogP contribution in [0.1, 0.15) is 10.4 Å². The standard InChI is InChI=1S/C15H12ClFN2O4S/c16-11-2-1-3-13(8-11)18-15(21)19-24(22,23)9-14(20)10-4-6-12(17)7-5-10/h1-8H,9H2,(H2,18,19,21). The average Bonchev–Trinajstić information content (AvgIpc) is 2.46. The van der Waals surface area contributed by atoms with Gasteiger partial charge in [-0.3, -0.25) is 4.79 Å². The number of rotatable bonds is 5. The molecular weight excluding hydrogens is 359 g/mol. The van der Waals surface area contributed by atoms with Crippen LogP contribution in [0.3, 0.4) is 0 Å². The third-order valence-corrected chi connectivity index (χ3v) is 4.19. The predicted octanol–water partition coefficient (Wildman–Crippen LogP) is 2.81. The number of benzene rings is 2. The fourth-order valence-electron chi connectivity index (χ4n) is 1.79. The minimum absolute atomic E-state index is 0.0250. The number of urea groups is 1. The molecule has 6 nitrogen and oxygen atoms in total. The summed E-state index contributed by atoms with van der Waals surface area (Å²) in [5, 5.41) is 2.65. The Kier molecular flexibility index (Phi) is 5.53. The first-order valence-electron chi connectivity index (χ1n) is 6.61. The van der Waals surface area contributed by atoms with Crippen molar-refractivity contribution in [2.24, 2.45) is 0 Å². The Bertz CT molecular complexity index is 869. The van der Waals surface area contributed by atoms with Crippen LogP contribution in [-0.2, 0) is 10.0 Å². The summed E-state index contributed by atoms with van der Waals surface area (Å²) in [6.45, 7) is 0. The van der Waals surface area contributed by atoms with Crippen LogP contribution in [0.2, 0.25) is 5.02 Å². The molecule has 2 rings (SSSR count). The Balaban J connectivity index is 1.98. The van der Waals surface area contributed by atoms with Crippen molar-refractivity contribution < 1.29 is 22.4 Å². The van der Waals surface area contributed by atoms with Crippen LogP contribution in [0.4, 0.5) is 14.9 Å². The zero-order chi connectivity index (χ0) is 17.7. The van der Waals surface area contributed by atoms with Crippen LogP contribution in [-0.4, -0.2) is 26.0 Å². The van der Waals surface area contributed by atoms with E-state index in [9.17, 15) is 22.4 Å². The molecule has 2 aromatic rings. The summed E-state index contributed by atoms with van der Waals surface area (Å²) in [6.07, 6.45) is 0. The van der Waals surface area contributed by atoms with Crippen molar-refractivity contribution in [2.45, 2.75) is 0 Å². The quantitative estimate of drug-likeness (QED) is 0.791. The van der Waals surface area contributed by atoms with Gasteiger partial charge in [0.25, 0.3) is 0 Å². The van der Waals surface area contributed by atoms with Crippen molar-refractivity contribution in [1.29, 1.82) is 0 Å². The molecule has 0 spiro atoms. The SMILES string of the molecule is O=C(Nc1cccc(Cl)c1)NS(=O)(=O)CC(=O)c1ccc(F)cc1. The lowest BCUT2D eigenvalue weighted by atomic mass is 10.1. The third-order valence-electron chi connectivity index (χ3n) is 2.82. The molecule has 126 valence electrons. The minimum Gasteiger partial charge on any atom is -0.307 e. The summed E-state index contributed by atoms with van der Waals surface area (Å²) in [5.41, 5.74) is 0.317. The second-order valence-electron chi connectivity index (χ2n) is 4.76. The van der Waals surface area contributed by atoms with Crippen molar-refractivity contribution in [3.05, 3.63) is 64.9 Å². The summed E-state index contributed by atoms with van der Waals surface area (Å²) in [5.74, 6) is -2.26. The van der Waals surface area contributed by atoms with E-state index >= 15 is 0 Å². The van der Waals surface area contributed by atoms with Gasteiger partial charge in [0, 0.05) is 16.3 Å². The fraction of sp³-hybridized carbons (Fsp3) is 0.0667. The lowest BCUT2D eigenvalue weighted by Crippen LogP contribution is -2.37. The maximum absolute atomic E-state index is 12.8. The third kappa shape index (κ3) is 5.32. The highest BCUT2D eigenvalue weighted by molar-refractivity contribution is 7.90. The van der Waals surface area contributed by atoms with Gasteiger partial charge in [0.2, 0.25) is 10.0 Å². The number of carbonyl (C=O) groups excluding carboxylic acids is 2. The fourth-order valence-corrected chi connectivity index (χ4v) is 2.90. The van der Waals surface area contributed by atoms with E-state index in [1.54, 1.807) is 16.9 Å². The molecule has 0 aliphatic carbocycles. The molecule has 0 heterocycles. The number of Topliss-reactive ketones (excluding diaryl/α,β-unsaturated/α-hetero) is 1. The highest BCUT2D eigenvalue weighted by Crippen LogP contribution is 2.14. The normalized spacial score (nSPS) is 10.9. The Hall–Kier alpha value is -2.45. The Labute approximate surface area is 142 Å². The first-order valence-corrected chi connectivity index (χ1v) is 8.64. The van der Waals surface area contributed by atoms with Gasteiger partial charge in [-0.15, -0.1) is 0 Å². The molecule has 0 aliphatic heterocycles. The van der Waals surface area contributed by atoms with Crippen molar-refractivity contribution in [1.82, 2.24) is 4.72 Å². The first-order chi connectivity index (χ1) is 11.2. The summed E-state index contributed by atoms with van der Waals surface area (Å²) >= 11 is 5.75. The van der Waals surface area contributed by atoms with E-state index in [0.29, 0.717) is 10.7 Å². The number of hydrogen-bond donors (Lipinski definition) is 2. The van der Waals surface area contributed by atoms with Gasteiger partial charge in [0.05, 0.1) is 0 Å². The molecule has 0 fully saturated rings. The van der Waals surface area contributed by atoms with Gasteiger partial charge in [-0.2, -0.15) is 0 Å². The van der Waals surface area contributed by atoms with Crippen molar-refractivity contribution in [3.8, 4) is 0 Å². The van der Waals surface area contributed by atoms with Gasteiger partial charge < -0.3 is 5.32 Å². The number of halogens is 2. The zero-order valence-corrected chi connectivity index (χ0v) is 13.7. The smallest absolute Gasteiger partial charge is 0.307 e. The summed E-state index contributed by atoms with van der Waals surface area (Å²) in [7, 11) is -4.21. The first kappa shape index (κ1) is 17.9. The Morgan fingerprint density at radius 3 is 2.38 bits per heavy atom. The average molecular weight is 371 g/mol. The van der Waals surface area contributed by atoms with Gasteiger partial charge in [-0.25, -0.2) is 22.3 Å². The maximum atomic E-state index is 12.8. The molecule has 9 heteroatoms. The molecule has 2 N–H and O–H groups in total. The molecule has 0 unspecified atom stereocenters. The van der Waals surface area contributed by atoms with Crippen LogP contribution in [0, 0.1) is 5.82 Å². The van der Waals surface area contributed by atoms with Gasteiger partial charge in [-0.05, 0) is 42.5 Å². The number of carbonyl (C=O) groups is 2. The highest BCUT2D eigenvalue weighted by atomic mass is 35.5. The van der Waals surface area contributed by atoms with E-state index in [1.165, 1.54) is 24.3 Å². The highest BCUT2D eigenvalue weighted by Gasteiger charge is 2.20. The minimum atomic E-state index is -4.21. The molecule has 0 saturated heterocycles. The predicted molar refractivity (Wildman–Crippen MR) is 88.1 cm³/mol. The molecule has 0 bridgehead atoms. The van der Waals surface area contributed by atoms with E-state index in [0.717, 1.165) is 12.1 Å². The molecule has 24 heavy (non-hydrogen) atoms. The molecule has 0 aromatic heterocycles. The number of amides is 2. The summed E-state index contributed by atoms with van der Waals surface area (Å²) in [4.78, 5) is 23.6. The van der Waals surface area contributed by atoms with Gasteiger partial charge >= 0.3 is 6.03 Å². The Morgan fingerprint density at radius 2 is 1.75 bits per heavy atom. The van der Waals surface area contributed by atoms with E-state index in [2.05, 4.69) is 5.32 Å². The number of anilines is 1. The molecule has 2 aromatic carbocycles. The van der Waals surface area contributed by atoms with Crippen molar-refractivity contribution in [3.63, 3.8) is 0 Å². The van der Waals surface area contributed by atoms with E-state index in [4.69, 9.17) is 11.6 Å².